The van der Waals surface area contributed by atoms with Crippen LogP contribution in [0.3, 0.4) is 0 Å². The van der Waals surface area contributed by atoms with E-state index in [0.717, 1.165) is 5.82 Å². The second-order valence-electron chi connectivity index (χ2n) is 6.68. The molecule has 1 aliphatic rings. The molecule has 0 radical (unpaired) electrons. The van der Waals surface area contributed by atoms with Crippen LogP contribution in [0, 0.1) is 5.82 Å². The monoisotopic (exact) mass is 385 g/mol. The molecule has 2 aromatic rings. The Labute approximate surface area is 163 Å². The average molecular weight is 385 g/mol. The molecule has 2 N–H and O–H groups in total. The number of rotatable bonds is 5. The number of carbonyl (C=O) groups excluding carboxylic acids is 2. The second-order valence-corrected chi connectivity index (χ2v) is 6.68. The molecule has 148 valence electrons. The number of urea groups is 1. The third-order valence-corrected chi connectivity index (χ3v) is 4.63. The first-order chi connectivity index (χ1) is 13.5. The number of amides is 3. The van der Waals surface area contributed by atoms with Crippen LogP contribution in [0.15, 0.2) is 48.7 Å². The standard InChI is InChI=1S/C20H24FN5O2/c1-15(19(27)23-14-16-5-4-6-17(21)13-16)24-20(28)26-11-9-25(10-12-26)18-7-2-3-8-22-18/h2-8,13,15H,9-12,14H2,1H3,(H,23,27)(H,24,28)/t15-/m1/s1. The van der Waals surface area contributed by atoms with Crippen molar-refractivity contribution in [2.45, 2.75) is 19.5 Å². The van der Waals surface area contributed by atoms with E-state index < -0.39 is 6.04 Å². The summed E-state index contributed by atoms with van der Waals surface area (Å²) in [7, 11) is 0. The summed E-state index contributed by atoms with van der Waals surface area (Å²) < 4.78 is 13.2. The van der Waals surface area contributed by atoms with E-state index in [2.05, 4.69) is 20.5 Å². The van der Waals surface area contributed by atoms with Gasteiger partial charge in [-0.05, 0) is 36.8 Å². The number of benzene rings is 1. The molecule has 0 aliphatic carbocycles. The van der Waals surface area contributed by atoms with E-state index in [1.54, 1.807) is 30.2 Å². The molecule has 1 saturated heterocycles. The number of hydrogen-bond donors (Lipinski definition) is 2. The zero-order valence-electron chi connectivity index (χ0n) is 15.8. The molecule has 3 rings (SSSR count). The van der Waals surface area contributed by atoms with Gasteiger partial charge in [0, 0.05) is 38.9 Å². The van der Waals surface area contributed by atoms with Gasteiger partial charge in [-0.2, -0.15) is 0 Å². The maximum absolute atomic E-state index is 13.2. The van der Waals surface area contributed by atoms with E-state index in [9.17, 15) is 14.0 Å². The SMILES string of the molecule is C[C@@H](NC(=O)N1CCN(c2ccccn2)CC1)C(=O)NCc1cccc(F)c1. The lowest BCUT2D eigenvalue weighted by molar-refractivity contribution is -0.122. The molecule has 8 heteroatoms. The molecule has 1 atom stereocenters. The molecule has 0 unspecified atom stereocenters. The van der Waals surface area contributed by atoms with Crippen LogP contribution in [0.25, 0.3) is 0 Å². The van der Waals surface area contributed by atoms with Gasteiger partial charge in [0.2, 0.25) is 5.91 Å². The summed E-state index contributed by atoms with van der Waals surface area (Å²) in [5.41, 5.74) is 0.664. The third-order valence-electron chi connectivity index (χ3n) is 4.63. The van der Waals surface area contributed by atoms with E-state index in [4.69, 9.17) is 0 Å². The van der Waals surface area contributed by atoms with Crippen molar-refractivity contribution in [1.82, 2.24) is 20.5 Å². The van der Waals surface area contributed by atoms with Gasteiger partial charge in [-0.15, -0.1) is 0 Å². The number of halogens is 1. The largest absolute Gasteiger partial charge is 0.353 e. The van der Waals surface area contributed by atoms with Crippen LogP contribution in [0.2, 0.25) is 0 Å². The minimum atomic E-state index is -0.685. The Balaban J connectivity index is 1.43. The molecule has 0 saturated carbocycles. The van der Waals surface area contributed by atoms with Gasteiger partial charge in [0.1, 0.15) is 17.7 Å². The maximum Gasteiger partial charge on any atom is 0.318 e. The van der Waals surface area contributed by atoms with Crippen molar-refractivity contribution >= 4 is 17.8 Å². The molecule has 7 nitrogen and oxygen atoms in total. The van der Waals surface area contributed by atoms with Crippen molar-refractivity contribution in [3.8, 4) is 0 Å². The molecule has 1 aromatic heterocycles. The van der Waals surface area contributed by atoms with Gasteiger partial charge < -0.3 is 20.4 Å². The van der Waals surface area contributed by atoms with Crippen LogP contribution in [0.5, 0.6) is 0 Å². The summed E-state index contributed by atoms with van der Waals surface area (Å²) in [6.45, 7) is 4.32. The predicted octanol–water partition coefficient (Wildman–Crippen LogP) is 1.76. The van der Waals surface area contributed by atoms with Crippen LogP contribution < -0.4 is 15.5 Å². The number of nitrogens with one attached hydrogen (secondary N) is 2. The number of piperazine rings is 1. The topological polar surface area (TPSA) is 77.6 Å². The first-order valence-corrected chi connectivity index (χ1v) is 9.26. The number of anilines is 1. The summed E-state index contributed by atoms with van der Waals surface area (Å²) >= 11 is 0. The molecular weight excluding hydrogens is 361 g/mol. The lowest BCUT2D eigenvalue weighted by atomic mass is 10.2. The first kappa shape index (κ1) is 19.6. The second kappa shape index (κ2) is 9.16. The van der Waals surface area contributed by atoms with Crippen molar-refractivity contribution in [2.75, 3.05) is 31.1 Å². The first-order valence-electron chi connectivity index (χ1n) is 9.26. The molecule has 3 amide bonds. The number of hydrogen-bond acceptors (Lipinski definition) is 4. The van der Waals surface area contributed by atoms with E-state index in [1.807, 2.05) is 18.2 Å². The average Bonchev–Trinajstić information content (AvgIpc) is 2.72. The maximum atomic E-state index is 13.2. The van der Waals surface area contributed by atoms with E-state index >= 15 is 0 Å². The zero-order valence-corrected chi connectivity index (χ0v) is 15.8. The smallest absolute Gasteiger partial charge is 0.318 e. The number of aromatic nitrogens is 1. The van der Waals surface area contributed by atoms with Gasteiger partial charge in [-0.1, -0.05) is 18.2 Å². The van der Waals surface area contributed by atoms with Crippen LogP contribution in [0.1, 0.15) is 12.5 Å². The Morgan fingerprint density at radius 3 is 2.61 bits per heavy atom. The van der Waals surface area contributed by atoms with Crippen molar-refractivity contribution < 1.29 is 14.0 Å². The quantitative estimate of drug-likeness (QED) is 0.822. The van der Waals surface area contributed by atoms with Crippen molar-refractivity contribution in [3.05, 3.63) is 60.0 Å². The minimum absolute atomic E-state index is 0.208. The van der Waals surface area contributed by atoms with E-state index in [-0.39, 0.29) is 24.3 Å². The lowest BCUT2D eigenvalue weighted by Gasteiger charge is -2.35. The molecule has 1 aromatic carbocycles. The molecular formula is C20H24FN5O2. The Morgan fingerprint density at radius 2 is 1.93 bits per heavy atom. The fraction of sp³-hybridized carbons (Fsp3) is 0.350. The van der Waals surface area contributed by atoms with Crippen LogP contribution in [-0.2, 0) is 11.3 Å². The van der Waals surface area contributed by atoms with Crippen LogP contribution in [0.4, 0.5) is 15.0 Å². The van der Waals surface area contributed by atoms with Gasteiger partial charge in [-0.3, -0.25) is 4.79 Å². The highest BCUT2D eigenvalue weighted by Gasteiger charge is 2.24. The molecule has 0 spiro atoms. The van der Waals surface area contributed by atoms with E-state index in [0.29, 0.717) is 31.7 Å². The van der Waals surface area contributed by atoms with Gasteiger partial charge >= 0.3 is 6.03 Å². The molecule has 2 heterocycles. The van der Waals surface area contributed by atoms with Crippen molar-refractivity contribution in [1.29, 1.82) is 0 Å². The Hall–Kier alpha value is -3.16. The summed E-state index contributed by atoms with van der Waals surface area (Å²) in [6.07, 6.45) is 1.75. The fourth-order valence-corrected chi connectivity index (χ4v) is 3.01. The molecule has 28 heavy (non-hydrogen) atoms. The highest BCUT2D eigenvalue weighted by atomic mass is 19.1. The normalized spacial score (nSPS) is 15.1. The third kappa shape index (κ3) is 5.18. The van der Waals surface area contributed by atoms with Gasteiger partial charge in [0.25, 0.3) is 0 Å². The fourth-order valence-electron chi connectivity index (χ4n) is 3.01. The van der Waals surface area contributed by atoms with Crippen LogP contribution >= 0.6 is 0 Å². The zero-order chi connectivity index (χ0) is 19.9. The molecule has 0 bridgehead atoms. The van der Waals surface area contributed by atoms with Crippen molar-refractivity contribution in [2.24, 2.45) is 0 Å². The Bertz CT molecular complexity index is 809. The predicted molar refractivity (Wildman–Crippen MR) is 104 cm³/mol. The minimum Gasteiger partial charge on any atom is -0.353 e. The highest BCUT2D eigenvalue weighted by molar-refractivity contribution is 5.86. The van der Waals surface area contributed by atoms with Crippen LogP contribution in [-0.4, -0.2) is 54.0 Å². The highest BCUT2D eigenvalue weighted by Crippen LogP contribution is 2.12. The number of carbonyl (C=O) groups is 2. The van der Waals surface area contributed by atoms with Gasteiger partial charge in [0.05, 0.1) is 0 Å². The Kier molecular flexibility index (Phi) is 6.41. The number of nitrogens with zero attached hydrogens (tertiary/aromatic N) is 3. The summed E-state index contributed by atoms with van der Waals surface area (Å²) in [5, 5.41) is 5.43. The van der Waals surface area contributed by atoms with Gasteiger partial charge in [0.15, 0.2) is 0 Å². The summed E-state index contributed by atoms with van der Waals surface area (Å²) in [6, 6.07) is 10.8. The van der Waals surface area contributed by atoms with E-state index in [1.165, 1.54) is 12.1 Å². The Morgan fingerprint density at radius 1 is 1.14 bits per heavy atom. The van der Waals surface area contributed by atoms with Crippen molar-refractivity contribution in [3.63, 3.8) is 0 Å². The summed E-state index contributed by atoms with van der Waals surface area (Å²) in [5.74, 6) is 0.232. The summed E-state index contributed by atoms with van der Waals surface area (Å²) in [4.78, 5) is 32.8. The molecule has 1 aliphatic heterocycles. The van der Waals surface area contributed by atoms with Gasteiger partial charge in [-0.25, -0.2) is 14.2 Å². The molecule has 1 fully saturated rings. The lowest BCUT2D eigenvalue weighted by Crippen LogP contribution is -2.55. The number of pyridine rings is 1.